The quantitative estimate of drug-likeness (QED) is 0.870. The molecular weight excluding hydrogens is 272 g/mol. The van der Waals surface area contributed by atoms with Crippen molar-refractivity contribution in [2.24, 2.45) is 5.41 Å². The maximum atomic E-state index is 12.2. The first kappa shape index (κ1) is 15.2. The fourth-order valence-electron chi connectivity index (χ4n) is 2.21. The predicted octanol–water partition coefficient (Wildman–Crippen LogP) is 0.869. The first-order valence-electron chi connectivity index (χ1n) is 6.88. The van der Waals surface area contributed by atoms with E-state index in [1.807, 2.05) is 30.6 Å². The van der Waals surface area contributed by atoms with E-state index < -0.39 is 5.97 Å². The van der Waals surface area contributed by atoms with Gasteiger partial charge in [0.2, 0.25) is 5.91 Å². The Balaban J connectivity index is 1.98. The normalized spacial score (nSPS) is 16.0. The maximum absolute atomic E-state index is 12.2. The molecule has 1 saturated heterocycles. The average Bonchev–Trinajstić information content (AvgIpc) is 2.46. The van der Waals surface area contributed by atoms with Crippen molar-refractivity contribution in [3.63, 3.8) is 0 Å². The first-order chi connectivity index (χ1) is 9.79. The molecule has 1 N–H and O–H groups in total. The Bertz CT molecular complexity index is 528. The number of hydrogen-bond acceptors (Lipinski definition) is 5. The summed E-state index contributed by atoms with van der Waals surface area (Å²) in [4.78, 5) is 34.8. The third kappa shape index (κ3) is 3.48. The van der Waals surface area contributed by atoms with Gasteiger partial charge < -0.3 is 14.9 Å². The van der Waals surface area contributed by atoms with Crippen molar-refractivity contribution in [2.45, 2.75) is 20.8 Å². The van der Waals surface area contributed by atoms with Crippen molar-refractivity contribution < 1.29 is 14.7 Å². The molecule has 0 bridgehead atoms. The van der Waals surface area contributed by atoms with Crippen LogP contribution >= 0.6 is 0 Å². The van der Waals surface area contributed by atoms with Crippen LogP contribution in [0.3, 0.4) is 0 Å². The monoisotopic (exact) mass is 292 g/mol. The number of hydrogen-bond donors (Lipinski definition) is 1. The molecule has 0 unspecified atom stereocenters. The predicted molar refractivity (Wildman–Crippen MR) is 77.2 cm³/mol. The first-order valence-corrected chi connectivity index (χ1v) is 6.88. The number of nitrogens with zero attached hydrogens (tertiary/aromatic N) is 4. The summed E-state index contributed by atoms with van der Waals surface area (Å²) in [5, 5.41) is 8.80. The van der Waals surface area contributed by atoms with Gasteiger partial charge in [-0.2, -0.15) is 0 Å². The molecule has 1 aliphatic heterocycles. The van der Waals surface area contributed by atoms with Crippen LogP contribution in [0.15, 0.2) is 12.4 Å². The van der Waals surface area contributed by atoms with Crippen LogP contribution in [0.25, 0.3) is 0 Å². The molecule has 1 aromatic heterocycles. The van der Waals surface area contributed by atoms with Crippen molar-refractivity contribution >= 4 is 17.7 Å². The number of aromatic nitrogens is 2. The Morgan fingerprint density at radius 3 is 2.14 bits per heavy atom. The molecule has 0 saturated carbocycles. The highest BCUT2D eigenvalue weighted by molar-refractivity contribution is 5.85. The van der Waals surface area contributed by atoms with Gasteiger partial charge in [-0.25, -0.2) is 14.8 Å². The number of carboxylic acid groups (broad SMARTS) is 1. The van der Waals surface area contributed by atoms with E-state index in [0.717, 1.165) is 0 Å². The molecule has 7 heteroatoms. The second-order valence-electron chi connectivity index (χ2n) is 6.09. The summed E-state index contributed by atoms with van der Waals surface area (Å²) in [6.07, 6.45) is 2.72. The molecule has 1 aliphatic rings. The zero-order valence-corrected chi connectivity index (χ0v) is 12.5. The van der Waals surface area contributed by atoms with E-state index in [-0.39, 0.29) is 17.0 Å². The Hall–Kier alpha value is -2.18. The van der Waals surface area contributed by atoms with Gasteiger partial charge in [0.1, 0.15) is 5.82 Å². The van der Waals surface area contributed by atoms with Crippen LogP contribution in [0.5, 0.6) is 0 Å². The lowest BCUT2D eigenvalue weighted by molar-refractivity contribution is -0.139. The average molecular weight is 292 g/mol. The minimum Gasteiger partial charge on any atom is -0.476 e. The van der Waals surface area contributed by atoms with Crippen LogP contribution in [-0.4, -0.2) is 58.0 Å². The number of carbonyl (C=O) groups is 2. The van der Waals surface area contributed by atoms with Gasteiger partial charge in [-0.05, 0) is 0 Å². The van der Waals surface area contributed by atoms with Gasteiger partial charge >= 0.3 is 5.97 Å². The molecule has 0 atom stereocenters. The summed E-state index contributed by atoms with van der Waals surface area (Å²) < 4.78 is 0. The van der Waals surface area contributed by atoms with Gasteiger partial charge in [-0.1, -0.05) is 20.8 Å². The fourth-order valence-corrected chi connectivity index (χ4v) is 2.21. The van der Waals surface area contributed by atoms with E-state index in [1.54, 1.807) is 0 Å². The van der Waals surface area contributed by atoms with Gasteiger partial charge in [-0.3, -0.25) is 4.79 Å². The summed E-state index contributed by atoms with van der Waals surface area (Å²) in [5.41, 5.74) is -0.439. The highest BCUT2D eigenvalue weighted by Gasteiger charge is 2.30. The summed E-state index contributed by atoms with van der Waals surface area (Å²) in [6, 6.07) is 0. The number of anilines is 1. The van der Waals surface area contributed by atoms with E-state index >= 15 is 0 Å². The fraction of sp³-hybridized carbons (Fsp3) is 0.571. The number of amides is 1. The zero-order chi connectivity index (χ0) is 15.6. The van der Waals surface area contributed by atoms with E-state index in [9.17, 15) is 9.59 Å². The zero-order valence-electron chi connectivity index (χ0n) is 12.5. The minimum absolute atomic E-state index is 0.0692. The molecule has 0 aliphatic carbocycles. The molecule has 0 aromatic carbocycles. The summed E-state index contributed by atoms with van der Waals surface area (Å²) in [7, 11) is 0. The SMILES string of the molecule is CC(C)(C)C(=O)N1CCN(c2cnc(C(=O)O)cn2)CC1. The Labute approximate surface area is 123 Å². The Morgan fingerprint density at radius 2 is 1.71 bits per heavy atom. The molecule has 7 nitrogen and oxygen atoms in total. The van der Waals surface area contributed by atoms with Crippen molar-refractivity contribution in [1.82, 2.24) is 14.9 Å². The molecule has 114 valence electrons. The van der Waals surface area contributed by atoms with Gasteiger partial charge in [0, 0.05) is 31.6 Å². The summed E-state index contributed by atoms with van der Waals surface area (Å²) in [6.45, 7) is 8.36. The largest absolute Gasteiger partial charge is 0.476 e. The molecule has 0 radical (unpaired) electrons. The van der Waals surface area contributed by atoms with Gasteiger partial charge in [-0.15, -0.1) is 0 Å². The summed E-state index contributed by atoms with van der Waals surface area (Å²) >= 11 is 0. The summed E-state index contributed by atoms with van der Waals surface area (Å²) in [5.74, 6) is -0.299. The van der Waals surface area contributed by atoms with E-state index in [2.05, 4.69) is 9.97 Å². The third-order valence-corrected chi connectivity index (χ3v) is 3.39. The third-order valence-electron chi connectivity index (χ3n) is 3.39. The van der Waals surface area contributed by atoms with E-state index in [4.69, 9.17) is 5.11 Å². The lowest BCUT2D eigenvalue weighted by Gasteiger charge is -2.38. The van der Waals surface area contributed by atoms with Crippen LogP contribution < -0.4 is 4.90 Å². The highest BCUT2D eigenvalue weighted by atomic mass is 16.4. The molecule has 1 fully saturated rings. The van der Waals surface area contributed by atoms with Crippen LogP contribution in [0, 0.1) is 5.41 Å². The smallest absolute Gasteiger partial charge is 0.356 e. The number of carboxylic acids is 1. The second kappa shape index (κ2) is 5.67. The lowest BCUT2D eigenvalue weighted by atomic mass is 9.94. The molecule has 1 aromatic rings. The molecular formula is C14H20N4O3. The minimum atomic E-state index is -1.09. The van der Waals surface area contributed by atoms with Gasteiger partial charge in [0.05, 0.1) is 12.4 Å². The van der Waals surface area contributed by atoms with Crippen LogP contribution in [0.2, 0.25) is 0 Å². The van der Waals surface area contributed by atoms with E-state index in [0.29, 0.717) is 32.0 Å². The van der Waals surface area contributed by atoms with Crippen molar-refractivity contribution in [3.8, 4) is 0 Å². The van der Waals surface area contributed by atoms with Crippen molar-refractivity contribution in [3.05, 3.63) is 18.1 Å². The van der Waals surface area contributed by atoms with Crippen LogP contribution in [-0.2, 0) is 4.79 Å². The Morgan fingerprint density at radius 1 is 1.10 bits per heavy atom. The number of rotatable bonds is 2. The highest BCUT2D eigenvalue weighted by Crippen LogP contribution is 2.20. The van der Waals surface area contributed by atoms with Crippen LogP contribution in [0.1, 0.15) is 31.3 Å². The molecule has 1 amide bonds. The maximum Gasteiger partial charge on any atom is 0.356 e. The molecule has 0 spiro atoms. The van der Waals surface area contributed by atoms with Crippen molar-refractivity contribution in [1.29, 1.82) is 0 Å². The van der Waals surface area contributed by atoms with Gasteiger partial charge in [0.15, 0.2) is 5.69 Å². The van der Waals surface area contributed by atoms with Gasteiger partial charge in [0.25, 0.3) is 0 Å². The Kier molecular flexibility index (Phi) is 4.11. The van der Waals surface area contributed by atoms with E-state index in [1.165, 1.54) is 12.4 Å². The molecule has 21 heavy (non-hydrogen) atoms. The number of aromatic carboxylic acids is 1. The number of piperazine rings is 1. The van der Waals surface area contributed by atoms with Crippen molar-refractivity contribution in [2.75, 3.05) is 31.1 Å². The molecule has 2 heterocycles. The molecule has 2 rings (SSSR count). The topological polar surface area (TPSA) is 86.6 Å². The lowest BCUT2D eigenvalue weighted by Crippen LogP contribution is -2.51. The standard InChI is InChI=1S/C14H20N4O3/c1-14(2,3)13(21)18-6-4-17(5-7-18)11-9-15-10(8-16-11)12(19)20/h8-9H,4-7H2,1-3H3,(H,19,20). The second-order valence-corrected chi connectivity index (χ2v) is 6.09. The number of carbonyl (C=O) groups excluding carboxylic acids is 1. The van der Waals surface area contributed by atoms with Crippen LogP contribution in [0.4, 0.5) is 5.82 Å².